The van der Waals surface area contributed by atoms with Crippen LogP contribution in [0, 0.1) is 10.1 Å². The van der Waals surface area contributed by atoms with Gasteiger partial charge in [-0.1, -0.05) is 12.1 Å². The van der Waals surface area contributed by atoms with Crippen LogP contribution >= 0.6 is 0 Å². The summed E-state index contributed by atoms with van der Waals surface area (Å²) in [7, 11) is -4.14. The fraction of sp³-hybridized carbons (Fsp3) is 0.133. The van der Waals surface area contributed by atoms with E-state index in [0.717, 1.165) is 30.3 Å². The first-order valence-electron chi connectivity index (χ1n) is 7.19. The lowest BCUT2D eigenvalue weighted by molar-refractivity contribution is -0.384. The van der Waals surface area contributed by atoms with E-state index in [-0.39, 0.29) is 17.0 Å². The van der Waals surface area contributed by atoms with Gasteiger partial charge >= 0.3 is 6.18 Å². The number of alkyl halides is 3. The summed E-state index contributed by atoms with van der Waals surface area (Å²) in [5, 5.41) is 19.9. The number of nitro groups is 1. The number of nitrogens with one attached hydrogen (secondary N) is 1. The van der Waals surface area contributed by atoms with Crippen LogP contribution in [0.4, 0.5) is 24.5 Å². The molecule has 3 N–H and O–H groups in total. The van der Waals surface area contributed by atoms with Crippen LogP contribution in [0.15, 0.2) is 52.5 Å². The molecule has 0 bridgehead atoms. The van der Waals surface area contributed by atoms with Crippen molar-refractivity contribution in [3.8, 4) is 0 Å². The lowest BCUT2D eigenvalue weighted by Gasteiger charge is -2.09. The summed E-state index contributed by atoms with van der Waals surface area (Å²) in [6, 6.07) is 7.28. The highest BCUT2D eigenvalue weighted by atomic mass is 32.2. The van der Waals surface area contributed by atoms with E-state index >= 15 is 0 Å². The molecule has 0 spiro atoms. The molecule has 0 aliphatic carbocycles. The zero-order chi connectivity index (χ0) is 20.4. The number of anilines is 1. The maximum Gasteiger partial charge on any atom is 0.416 e. The van der Waals surface area contributed by atoms with Crippen molar-refractivity contribution in [2.75, 3.05) is 5.43 Å². The van der Waals surface area contributed by atoms with Crippen LogP contribution in [0.1, 0.15) is 18.1 Å². The molecule has 0 amide bonds. The SMILES string of the molecule is C/C(=N/Nc1ccc(S(N)(=O)=O)cc1[N+](=O)[O-])c1cccc(C(F)(F)F)c1. The van der Waals surface area contributed by atoms with Crippen LogP contribution in [0.3, 0.4) is 0 Å². The molecular weight excluding hydrogens is 389 g/mol. The number of hydrogen-bond acceptors (Lipinski definition) is 6. The van der Waals surface area contributed by atoms with Crippen molar-refractivity contribution >= 4 is 27.1 Å². The van der Waals surface area contributed by atoms with E-state index < -0.39 is 37.3 Å². The Kier molecular flexibility index (Phi) is 5.51. The Balaban J connectivity index is 2.36. The molecule has 2 aromatic carbocycles. The van der Waals surface area contributed by atoms with Crippen LogP contribution in [-0.4, -0.2) is 19.1 Å². The van der Waals surface area contributed by atoms with Crippen molar-refractivity contribution in [1.82, 2.24) is 0 Å². The van der Waals surface area contributed by atoms with E-state index in [4.69, 9.17) is 5.14 Å². The van der Waals surface area contributed by atoms with E-state index in [2.05, 4.69) is 10.5 Å². The second-order valence-electron chi connectivity index (χ2n) is 5.37. The van der Waals surface area contributed by atoms with Gasteiger partial charge < -0.3 is 0 Å². The van der Waals surface area contributed by atoms with Gasteiger partial charge in [-0.05, 0) is 36.8 Å². The van der Waals surface area contributed by atoms with Gasteiger partial charge in [-0.3, -0.25) is 15.5 Å². The first-order chi connectivity index (χ1) is 12.4. The Labute approximate surface area is 151 Å². The molecule has 0 fully saturated rings. The molecule has 0 unspecified atom stereocenters. The largest absolute Gasteiger partial charge is 0.416 e. The molecule has 2 aromatic rings. The molecule has 12 heteroatoms. The lowest BCUT2D eigenvalue weighted by atomic mass is 10.1. The van der Waals surface area contributed by atoms with E-state index in [1.807, 2.05) is 0 Å². The van der Waals surface area contributed by atoms with Gasteiger partial charge in [-0.2, -0.15) is 18.3 Å². The molecule has 0 heterocycles. The Morgan fingerprint density at radius 2 is 1.89 bits per heavy atom. The Bertz CT molecular complexity index is 1020. The molecule has 27 heavy (non-hydrogen) atoms. The van der Waals surface area contributed by atoms with Gasteiger partial charge in [-0.15, -0.1) is 0 Å². The molecule has 0 saturated heterocycles. The first kappa shape index (κ1) is 20.3. The van der Waals surface area contributed by atoms with Gasteiger partial charge in [-0.25, -0.2) is 13.6 Å². The van der Waals surface area contributed by atoms with Crippen LogP contribution in [0.2, 0.25) is 0 Å². The standard InChI is InChI=1S/C15H13F3N4O4S/c1-9(10-3-2-4-11(7-10)15(16,17)18)20-21-13-6-5-12(27(19,25)26)8-14(13)22(23)24/h2-8,21H,1H3,(H2,19,25,26)/b20-9-. The summed E-state index contributed by atoms with van der Waals surface area (Å²) < 4.78 is 60.9. The van der Waals surface area contributed by atoms with Gasteiger partial charge in [0.25, 0.3) is 5.69 Å². The highest BCUT2D eigenvalue weighted by Crippen LogP contribution is 2.30. The number of sulfonamides is 1. The van der Waals surface area contributed by atoms with Gasteiger partial charge in [0.2, 0.25) is 10.0 Å². The summed E-state index contributed by atoms with van der Waals surface area (Å²) >= 11 is 0. The van der Waals surface area contributed by atoms with Crippen LogP contribution in [0.5, 0.6) is 0 Å². The van der Waals surface area contributed by atoms with E-state index in [0.29, 0.717) is 0 Å². The zero-order valence-corrected chi connectivity index (χ0v) is 14.5. The van der Waals surface area contributed by atoms with Crippen molar-refractivity contribution in [3.63, 3.8) is 0 Å². The average molecular weight is 402 g/mol. The van der Waals surface area contributed by atoms with Gasteiger partial charge in [0.05, 0.1) is 21.1 Å². The Hall–Kier alpha value is -2.99. The summed E-state index contributed by atoms with van der Waals surface area (Å²) in [5.41, 5.74) is 1.02. The van der Waals surface area contributed by atoms with E-state index in [9.17, 15) is 31.7 Å². The van der Waals surface area contributed by atoms with E-state index in [1.54, 1.807) is 0 Å². The second-order valence-corrected chi connectivity index (χ2v) is 6.93. The van der Waals surface area contributed by atoms with Crippen LogP contribution in [-0.2, 0) is 16.2 Å². The highest BCUT2D eigenvalue weighted by Gasteiger charge is 2.30. The Morgan fingerprint density at radius 3 is 2.44 bits per heavy atom. The monoisotopic (exact) mass is 402 g/mol. The molecule has 2 rings (SSSR count). The Morgan fingerprint density at radius 1 is 1.22 bits per heavy atom. The average Bonchev–Trinajstić information content (AvgIpc) is 2.58. The van der Waals surface area contributed by atoms with Crippen molar-refractivity contribution < 1.29 is 26.5 Å². The lowest BCUT2D eigenvalue weighted by Crippen LogP contribution is -2.12. The van der Waals surface area contributed by atoms with Crippen molar-refractivity contribution in [3.05, 3.63) is 63.7 Å². The van der Waals surface area contributed by atoms with Crippen LogP contribution in [0.25, 0.3) is 0 Å². The number of primary sulfonamides is 1. The molecule has 0 saturated carbocycles. The summed E-state index contributed by atoms with van der Waals surface area (Å²) in [6.45, 7) is 1.41. The molecule has 0 radical (unpaired) electrons. The maximum absolute atomic E-state index is 12.8. The number of hydrogen-bond donors (Lipinski definition) is 2. The second kappa shape index (κ2) is 7.32. The molecule has 0 aliphatic rings. The molecule has 0 atom stereocenters. The van der Waals surface area contributed by atoms with Gasteiger partial charge in [0.1, 0.15) is 5.69 Å². The number of rotatable bonds is 5. The summed E-state index contributed by atoms with van der Waals surface area (Å²) in [4.78, 5) is 9.83. The number of nitrogens with two attached hydrogens (primary N) is 1. The predicted octanol–water partition coefficient (Wildman–Crippen LogP) is 3.10. The first-order valence-corrected chi connectivity index (χ1v) is 8.73. The molecule has 0 aliphatic heterocycles. The molecule has 8 nitrogen and oxygen atoms in total. The highest BCUT2D eigenvalue weighted by molar-refractivity contribution is 7.89. The fourth-order valence-corrected chi connectivity index (χ4v) is 2.60. The van der Waals surface area contributed by atoms with Crippen LogP contribution < -0.4 is 10.6 Å². The normalized spacial score (nSPS) is 12.7. The van der Waals surface area contributed by atoms with Gasteiger partial charge in [0.15, 0.2) is 0 Å². The number of benzene rings is 2. The van der Waals surface area contributed by atoms with Crippen molar-refractivity contribution in [2.45, 2.75) is 18.0 Å². The minimum atomic E-state index is -4.52. The van der Waals surface area contributed by atoms with Gasteiger partial charge in [0, 0.05) is 6.07 Å². The van der Waals surface area contributed by atoms with Crippen molar-refractivity contribution in [1.29, 1.82) is 0 Å². The van der Waals surface area contributed by atoms with Crippen molar-refractivity contribution in [2.24, 2.45) is 10.2 Å². The third-order valence-electron chi connectivity index (χ3n) is 3.45. The number of nitrogens with zero attached hydrogens (tertiary/aromatic N) is 2. The zero-order valence-electron chi connectivity index (χ0n) is 13.7. The molecule has 144 valence electrons. The minimum absolute atomic E-state index is 0.130. The quantitative estimate of drug-likeness (QED) is 0.451. The summed E-state index contributed by atoms with van der Waals surface area (Å²) in [5.74, 6) is 0. The van der Waals surface area contributed by atoms with E-state index in [1.165, 1.54) is 19.1 Å². The minimum Gasteiger partial charge on any atom is -0.271 e. The third kappa shape index (κ3) is 5.01. The summed E-state index contributed by atoms with van der Waals surface area (Å²) in [6.07, 6.45) is -4.52. The number of nitro benzene ring substituents is 1. The topological polar surface area (TPSA) is 128 Å². The fourth-order valence-electron chi connectivity index (χ4n) is 2.06. The maximum atomic E-state index is 12.8. The third-order valence-corrected chi connectivity index (χ3v) is 4.36. The number of hydrazone groups is 1. The smallest absolute Gasteiger partial charge is 0.271 e. The number of halogens is 3. The molecule has 0 aromatic heterocycles. The molecular formula is C15H13F3N4O4S. The predicted molar refractivity (Wildman–Crippen MR) is 91.7 cm³/mol.